The number of nitrogens with two attached hydrogens (primary N) is 1. The van der Waals surface area contributed by atoms with E-state index in [1.165, 1.54) is 6.07 Å². The van der Waals surface area contributed by atoms with Crippen LogP contribution in [0.4, 0.5) is 21.7 Å². The summed E-state index contributed by atoms with van der Waals surface area (Å²) in [5, 5.41) is 3.59. The van der Waals surface area contributed by atoms with Gasteiger partial charge in [0.15, 0.2) is 0 Å². The topological polar surface area (TPSA) is 110 Å². The van der Waals surface area contributed by atoms with Crippen LogP contribution in [0.1, 0.15) is 12.8 Å². The van der Waals surface area contributed by atoms with E-state index in [-0.39, 0.29) is 11.9 Å². The van der Waals surface area contributed by atoms with E-state index in [0.717, 1.165) is 76.0 Å². The summed E-state index contributed by atoms with van der Waals surface area (Å²) in [6, 6.07) is 9.12. The van der Waals surface area contributed by atoms with E-state index in [1.54, 1.807) is 18.5 Å². The van der Waals surface area contributed by atoms with Crippen LogP contribution < -0.4 is 20.9 Å². The first-order chi connectivity index (χ1) is 20.2. The molecule has 0 amide bonds. The SMILES string of the molecule is NCCOCCOCCOCCOCCN1CCN(c2cc(N[C@@H]3CCCN(c4cccc(F)c4)C3)ncn2)CC1. The molecule has 0 unspecified atom stereocenters. The third kappa shape index (κ3) is 11.3. The van der Waals surface area contributed by atoms with Crippen molar-refractivity contribution < 1.29 is 23.3 Å². The van der Waals surface area contributed by atoms with Gasteiger partial charge >= 0.3 is 0 Å². The molecule has 2 aromatic rings. The maximum absolute atomic E-state index is 13.7. The Hall–Kier alpha value is -2.61. The second kappa shape index (κ2) is 18.0. The van der Waals surface area contributed by atoms with Crippen LogP contribution in [0.15, 0.2) is 36.7 Å². The van der Waals surface area contributed by atoms with E-state index >= 15 is 0 Å². The van der Waals surface area contributed by atoms with Crippen molar-refractivity contribution in [3.63, 3.8) is 0 Å². The van der Waals surface area contributed by atoms with Crippen LogP contribution in [0.3, 0.4) is 0 Å². The zero-order valence-electron chi connectivity index (χ0n) is 24.1. The second-order valence-electron chi connectivity index (χ2n) is 10.2. The van der Waals surface area contributed by atoms with Gasteiger partial charge in [-0.15, -0.1) is 0 Å². The van der Waals surface area contributed by atoms with Crippen molar-refractivity contribution in [2.45, 2.75) is 18.9 Å². The van der Waals surface area contributed by atoms with Crippen molar-refractivity contribution >= 4 is 17.3 Å². The fraction of sp³-hybridized carbons (Fsp3) is 0.655. The molecule has 0 saturated carbocycles. The highest BCUT2D eigenvalue weighted by Gasteiger charge is 2.22. The summed E-state index contributed by atoms with van der Waals surface area (Å²) in [5.41, 5.74) is 6.29. The van der Waals surface area contributed by atoms with Gasteiger partial charge in [-0.2, -0.15) is 0 Å². The molecule has 2 aliphatic heterocycles. The number of benzene rings is 1. The van der Waals surface area contributed by atoms with Crippen molar-refractivity contribution in [3.8, 4) is 0 Å². The number of nitrogens with one attached hydrogen (secondary N) is 1. The standard InChI is InChI=1S/C29H46FN7O4/c30-25-3-1-5-27(21-25)37-7-2-4-26(23-37)34-28-22-29(33-24-32-28)36-10-8-35(9-11-36)12-14-39-16-18-41-20-19-40-17-15-38-13-6-31/h1,3,5,21-22,24,26H,2,4,6-20,23,31H2,(H,32,33,34)/t26-/m1/s1. The van der Waals surface area contributed by atoms with Gasteiger partial charge in [-0.05, 0) is 31.0 Å². The quantitative estimate of drug-likeness (QED) is 0.254. The molecule has 2 fully saturated rings. The number of aromatic nitrogens is 2. The van der Waals surface area contributed by atoms with E-state index in [0.29, 0.717) is 59.4 Å². The van der Waals surface area contributed by atoms with Gasteiger partial charge < -0.3 is 39.8 Å². The molecule has 0 radical (unpaired) electrons. The lowest BCUT2D eigenvalue weighted by atomic mass is 10.0. The molecule has 2 saturated heterocycles. The van der Waals surface area contributed by atoms with Crippen molar-refractivity contribution in [3.05, 3.63) is 42.5 Å². The van der Waals surface area contributed by atoms with Crippen LogP contribution in [-0.2, 0) is 18.9 Å². The van der Waals surface area contributed by atoms with Gasteiger partial charge in [-0.3, -0.25) is 4.90 Å². The predicted octanol–water partition coefficient (Wildman–Crippen LogP) is 1.84. The van der Waals surface area contributed by atoms with E-state index in [2.05, 4.69) is 30.0 Å². The van der Waals surface area contributed by atoms with Crippen LogP contribution in [0, 0.1) is 5.82 Å². The molecule has 3 heterocycles. The molecule has 228 valence electrons. The molecule has 0 spiro atoms. The van der Waals surface area contributed by atoms with Crippen LogP contribution in [0.5, 0.6) is 0 Å². The van der Waals surface area contributed by atoms with E-state index in [9.17, 15) is 4.39 Å². The van der Waals surface area contributed by atoms with Crippen molar-refractivity contribution in [1.82, 2.24) is 14.9 Å². The van der Waals surface area contributed by atoms with E-state index < -0.39 is 0 Å². The largest absolute Gasteiger partial charge is 0.378 e. The average molecular weight is 576 g/mol. The average Bonchev–Trinajstić information content (AvgIpc) is 3.00. The molecule has 4 rings (SSSR count). The zero-order chi connectivity index (χ0) is 28.5. The molecule has 41 heavy (non-hydrogen) atoms. The minimum absolute atomic E-state index is 0.199. The molecule has 11 nitrogen and oxygen atoms in total. The normalized spacial score (nSPS) is 18.1. The summed E-state index contributed by atoms with van der Waals surface area (Å²) in [7, 11) is 0. The first kappa shape index (κ1) is 31.3. The lowest BCUT2D eigenvalue weighted by Crippen LogP contribution is -2.47. The number of hydrogen-bond donors (Lipinski definition) is 2. The van der Waals surface area contributed by atoms with Crippen molar-refractivity contribution in [2.24, 2.45) is 5.73 Å². The van der Waals surface area contributed by atoms with E-state index in [1.807, 2.05) is 12.1 Å². The molecule has 3 N–H and O–H groups in total. The molecule has 1 aromatic heterocycles. The molecule has 1 aromatic carbocycles. The number of anilines is 3. The minimum Gasteiger partial charge on any atom is -0.378 e. The molecule has 0 aliphatic carbocycles. The van der Waals surface area contributed by atoms with Crippen molar-refractivity contribution in [1.29, 1.82) is 0 Å². The number of rotatable bonds is 18. The van der Waals surface area contributed by atoms with Gasteiger partial charge in [0, 0.05) is 70.2 Å². The number of nitrogens with zero attached hydrogens (tertiary/aromatic N) is 5. The Labute approximate surface area is 243 Å². The Bertz CT molecular complexity index is 999. The Kier molecular flexibility index (Phi) is 13.8. The molecular formula is C29H46FN7O4. The maximum atomic E-state index is 13.7. The third-order valence-corrected chi connectivity index (χ3v) is 7.23. The van der Waals surface area contributed by atoms with Gasteiger partial charge in [0.2, 0.25) is 0 Å². The first-order valence-corrected chi connectivity index (χ1v) is 14.8. The summed E-state index contributed by atoms with van der Waals surface area (Å²) >= 11 is 0. The second-order valence-corrected chi connectivity index (χ2v) is 10.2. The zero-order valence-corrected chi connectivity index (χ0v) is 24.1. The Morgan fingerprint density at radius 3 is 2.24 bits per heavy atom. The molecule has 0 bridgehead atoms. The molecule has 2 aliphatic rings. The van der Waals surface area contributed by atoms with Crippen LogP contribution in [0.2, 0.25) is 0 Å². The van der Waals surface area contributed by atoms with Crippen LogP contribution >= 0.6 is 0 Å². The number of piperazine rings is 1. The van der Waals surface area contributed by atoms with E-state index in [4.69, 9.17) is 24.7 Å². The molecular weight excluding hydrogens is 529 g/mol. The molecule has 12 heteroatoms. The van der Waals surface area contributed by atoms with Gasteiger partial charge in [0.05, 0.1) is 52.9 Å². The minimum atomic E-state index is -0.199. The fourth-order valence-corrected chi connectivity index (χ4v) is 5.05. The number of ether oxygens (including phenoxy) is 4. The van der Waals surface area contributed by atoms with Crippen molar-refractivity contribution in [2.75, 3.05) is 120 Å². The summed E-state index contributed by atoms with van der Waals surface area (Å²) in [6.45, 7) is 11.5. The monoisotopic (exact) mass is 575 g/mol. The third-order valence-electron chi connectivity index (χ3n) is 7.23. The highest BCUT2D eigenvalue weighted by Crippen LogP contribution is 2.23. The highest BCUT2D eigenvalue weighted by molar-refractivity contribution is 5.51. The Morgan fingerprint density at radius 1 is 0.829 bits per heavy atom. The Morgan fingerprint density at radius 2 is 1.54 bits per heavy atom. The van der Waals surface area contributed by atoms with Gasteiger partial charge in [-0.25, -0.2) is 14.4 Å². The summed E-state index contributed by atoms with van der Waals surface area (Å²) < 4.78 is 35.7. The maximum Gasteiger partial charge on any atom is 0.134 e. The smallest absolute Gasteiger partial charge is 0.134 e. The lowest BCUT2D eigenvalue weighted by molar-refractivity contribution is -0.00324. The van der Waals surface area contributed by atoms with Gasteiger partial charge in [0.25, 0.3) is 0 Å². The van der Waals surface area contributed by atoms with Crippen LogP contribution in [0.25, 0.3) is 0 Å². The van der Waals surface area contributed by atoms with Crippen LogP contribution in [-0.4, -0.2) is 126 Å². The predicted molar refractivity (Wildman–Crippen MR) is 158 cm³/mol. The van der Waals surface area contributed by atoms with Gasteiger partial charge in [-0.1, -0.05) is 6.07 Å². The summed E-state index contributed by atoms with van der Waals surface area (Å²) in [6.07, 6.45) is 3.74. The van der Waals surface area contributed by atoms with Gasteiger partial charge in [0.1, 0.15) is 23.8 Å². The Balaban J connectivity index is 1.07. The highest BCUT2D eigenvalue weighted by atomic mass is 19.1. The number of hydrogen-bond acceptors (Lipinski definition) is 11. The summed E-state index contributed by atoms with van der Waals surface area (Å²) in [5.74, 6) is 1.58. The molecule has 1 atom stereocenters. The first-order valence-electron chi connectivity index (χ1n) is 14.8. The summed E-state index contributed by atoms with van der Waals surface area (Å²) in [4.78, 5) is 16.0. The fourth-order valence-electron chi connectivity index (χ4n) is 5.05. The number of halogens is 1. The number of piperidine rings is 1. The lowest BCUT2D eigenvalue weighted by Gasteiger charge is -2.36.